The van der Waals surface area contributed by atoms with Gasteiger partial charge in [0.15, 0.2) is 0 Å². The number of nitrogens with one attached hydrogen (secondary N) is 1. The van der Waals surface area contributed by atoms with Crippen LogP contribution in [-0.2, 0) is 4.79 Å². The van der Waals surface area contributed by atoms with E-state index in [0.29, 0.717) is 18.9 Å². The van der Waals surface area contributed by atoms with Crippen LogP contribution in [0.25, 0.3) is 0 Å². The minimum Gasteiger partial charge on any atom is -0.480 e. The summed E-state index contributed by atoms with van der Waals surface area (Å²) in [6.07, 6.45) is 3.46. The second-order valence-corrected chi connectivity index (χ2v) is 4.31. The number of nitrogens with two attached hydrogens (primary N) is 1. The number of aliphatic carboxylic acids is 1. The predicted molar refractivity (Wildman–Crippen MR) is 61.8 cm³/mol. The van der Waals surface area contributed by atoms with Gasteiger partial charge in [-0.3, -0.25) is 4.79 Å². The van der Waals surface area contributed by atoms with Crippen molar-refractivity contribution >= 4 is 5.97 Å². The zero-order chi connectivity index (χ0) is 11.7. The molecule has 0 saturated carbocycles. The highest BCUT2D eigenvalue weighted by atomic mass is 16.4. The number of rotatable bonds is 9. The van der Waals surface area contributed by atoms with E-state index in [2.05, 4.69) is 19.2 Å². The Morgan fingerprint density at radius 2 is 2.00 bits per heavy atom. The quantitative estimate of drug-likeness (QED) is 0.506. The van der Waals surface area contributed by atoms with Gasteiger partial charge in [0, 0.05) is 0 Å². The smallest absolute Gasteiger partial charge is 0.320 e. The molecule has 0 aromatic heterocycles. The van der Waals surface area contributed by atoms with Crippen LogP contribution in [0.3, 0.4) is 0 Å². The Kier molecular flexibility index (Phi) is 8.33. The van der Waals surface area contributed by atoms with Crippen molar-refractivity contribution in [3.8, 4) is 0 Å². The maximum Gasteiger partial charge on any atom is 0.320 e. The van der Waals surface area contributed by atoms with Crippen molar-refractivity contribution in [2.24, 2.45) is 11.7 Å². The molecule has 0 aliphatic carbocycles. The van der Waals surface area contributed by atoms with Crippen LogP contribution in [0.4, 0.5) is 0 Å². The molecule has 0 bridgehead atoms. The number of carbonyl (C=O) groups is 1. The third-order valence-corrected chi connectivity index (χ3v) is 2.36. The molecule has 0 spiro atoms. The minimum absolute atomic E-state index is 0.407. The molecule has 15 heavy (non-hydrogen) atoms. The van der Waals surface area contributed by atoms with Crippen molar-refractivity contribution < 1.29 is 9.90 Å². The molecule has 4 nitrogen and oxygen atoms in total. The summed E-state index contributed by atoms with van der Waals surface area (Å²) in [6.45, 7) is 5.67. The van der Waals surface area contributed by atoms with Crippen molar-refractivity contribution in [2.75, 3.05) is 13.1 Å². The molecule has 0 aliphatic heterocycles. The highest BCUT2D eigenvalue weighted by Crippen LogP contribution is 2.02. The lowest BCUT2D eigenvalue weighted by Gasteiger charge is -2.14. The van der Waals surface area contributed by atoms with E-state index in [0.717, 1.165) is 25.8 Å². The third-order valence-electron chi connectivity index (χ3n) is 2.36. The lowest BCUT2D eigenvalue weighted by atomic mass is 10.1. The fourth-order valence-electron chi connectivity index (χ4n) is 1.35. The highest BCUT2D eigenvalue weighted by Gasteiger charge is 2.15. The molecule has 0 rings (SSSR count). The summed E-state index contributed by atoms with van der Waals surface area (Å²) in [5.74, 6) is -0.147. The summed E-state index contributed by atoms with van der Waals surface area (Å²) in [5.41, 5.74) is 5.36. The first-order valence-corrected chi connectivity index (χ1v) is 5.74. The molecule has 0 aromatic carbocycles. The van der Waals surface area contributed by atoms with Crippen LogP contribution in [0.5, 0.6) is 0 Å². The molecule has 0 fully saturated rings. The number of unbranched alkanes of at least 4 members (excludes halogenated alkanes) is 1. The van der Waals surface area contributed by atoms with Crippen molar-refractivity contribution in [2.45, 2.75) is 45.6 Å². The molecule has 0 aliphatic rings. The second kappa shape index (κ2) is 8.68. The molecular weight excluding hydrogens is 192 g/mol. The van der Waals surface area contributed by atoms with Gasteiger partial charge in [-0.1, -0.05) is 20.3 Å². The van der Waals surface area contributed by atoms with Gasteiger partial charge in [0.2, 0.25) is 0 Å². The van der Waals surface area contributed by atoms with Gasteiger partial charge in [0.1, 0.15) is 6.04 Å². The average Bonchev–Trinajstić information content (AvgIpc) is 2.15. The van der Waals surface area contributed by atoms with Crippen LogP contribution in [-0.4, -0.2) is 30.2 Å². The first-order valence-electron chi connectivity index (χ1n) is 5.74. The normalized spacial score (nSPS) is 13.1. The first-order chi connectivity index (χ1) is 7.07. The zero-order valence-electron chi connectivity index (χ0n) is 9.83. The van der Waals surface area contributed by atoms with Gasteiger partial charge in [0.05, 0.1) is 0 Å². The van der Waals surface area contributed by atoms with Crippen molar-refractivity contribution in [3.05, 3.63) is 0 Å². The van der Waals surface area contributed by atoms with E-state index >= 15 is 0 Å². The second-order valence-electron chi connectivity index (χ2n) is 4.31. The summed E-state index contributed by atoms with van der Waals surface area (Å²) < 4.78 is 0. The first kappa shape index (κ1) is 14.4. The van der Waals surface area contributed by atoms with Crippen molar-refractivity contribution in [1.29, 1.82) is 0 Å². The summed E-state index contributed by atoms with van der Waals surface area (Å²) in [7, 11) is 0. The number of hydrogen-bond acceptors (Lipinski definition) is 3. The van der Waals surface area contributed by atoms with E-state index in [1.807, 2.05) is 0 Å². The van der Waals surface area contributed by atoms with Crippen LogP contribution in [0.1, 0.15) is 39.5 Å². The van der Waals surface area contributed by atoms with Gasteiger partial charge < -0.3 is 16.2 Å². The van der Waals surface area contributed by atoms with Gasteiger partial charge in [-0.25, -0.2) is 0 Å². The number of carboxylic acid groups (broad SMARTS) is 1. The lowest BCUT2D eigenvalue weighted by Crippen LogP contribution is -2.37. The molecule has 0 amide bonds. The fraction of sp³-hybridized carbons (Fsp3) is 0.909. The van der Waals surface area contributed by atoms with Crippen molar-refractivity contribution in [1.82, 2.24) is 5.32 Å². The Morgan fingerprint density at radius 1 is 1.33 bits per heavy atom. The number of hydrogen-bond donors (Lipinski definition) is 3. The molecule has 1 unspecified atom stereocenters. The Labute approximate surface area is 92.2 Å². The van der Waals surface area contributed by atoms with Crippen LogP contribution in [0.2, 0.25) is 0 Å². The van der Waals surface area contributed by atoms with Gasteiger partial charge in [-0.2, -0.15) is 0 Å². The summed E-state index contributed by atoms with van der Waals surface area (Å²) in [5, 5.41) is 12.0. The average molecular weight is 216 g/mol. The predicted octanol–water partition coefficient (Wildman–Crippen LogP) is 1.20. The highest BCUT2D eigenvalue weighted by molar-refractivity contribution is 5.73. The molecular formula is C11H24N2O2. The van der Waals surface area contributed by atoms with E-state index in [4.69, 9.17) is 10.8 Å². The van der Waals surface area contributed by atoms with Gasteiger partial charge >= 0.3 is 5.97 Å². The monoisotopic (exact) mass is 216 g/mol. The van der Waals surface area contributed by atoms with E-state index in [9.17, 15) is 4.79 Å². The number of carboxylic acids is 1. The standard InChI is InChI=1S/C11H24N2O2/c1-9(2)6-8-13-10(11(14)15)5-3-4-7-12/h9-10,13H,3-8,12H2,1-2H3,(H,14,15). The Morgan fingerprint density at radius 3 is 2.47 bits per heavy atom. The van der Waals surface area contributed by atoms with Crippen molar-refractivity contribution in [3.63, 3.8) is 0 Å². The third kappa shape index (κ3) is 8.39. The SMILES string of the molecule is CC(C)CCNC(CCCCN)C(=O)O. The van der Waals surface area contributed by atoms with E-state index in [-0.39, 0.29) is 0 Å². The molecule has 4 heteroatoms. The minimum atomic E-state index is -0.754. The fourth-order valence-corrected chi connectivity index (χ4v) is 1.35. The van der Waals surface area contributed by atoms with E-state index in [1.54, 1.807) is 0 Å². The summed E-state index contributed by atoms with van der Waals surface area (Å²) in [4.78, 5) is 10.9. The van der Waals surface area contributed by atoms with E-state index < -0.39 is 12.0 Å². The van der Waals surface area contributed by atoms with E-state index in [1.165, 1.54) is 0 Å². The molecule has 4 N–H and O–H groups in total. The Bertz CT molecular complexity index is 172. The topological polar surface area (TPSA) is 75.3 Å². The summed E-state index contributed by atoms with van der Waals surface area (Å²) in [6, 6.07) is -0.407. The Balaban J connectivity index is 3.69. The van der Waals surface area contributed by atoms with Gasteiger partial charge in [-0.15, -0.1) is 0 Å². The zero-order valence-corrected chi connectivity index (χ0v) is 9.83. The molecule has 0 heterocycles. The molecule has 0 saturated heterocycles. The molecule has 0 radical (unpaired) electrons. The van der Waals surface area contributed by atoms with Crippen LogP contribution >= 0.6 is 0 Å². The molecule has 0 aromatic rings. The summed E-state index contributed by atoms with van der Waals surface area (Å²) >= 11 is 0. The van der Waals surface area contributed by atoms with Gasteiger partial charge in [0.25, 0.3) is 0 Å². The molecule has 1 atom stereocenters. The molecule has 90 valence electrons. The maximum absolute atomic E-state index is 10.9. The van der Waals surface area contributed by atoms with Gasteiger partial charge in [-0.05, 0) is 38.3 Å². The lowest BCUT2D eigenvalue weighted by molar-refractivity contribution is -0.139. The largest absolute Gasteiger partial charge is 0.480 e. The maximum atomic E-state index is 10.9. The van der Waals surface area contributed by atoms with Crippen LogP contribution in [0, 0.1) is 5.92 Å². The van der Waals surface area contributed by atoms with Crippen LogP contribution in [0.15, 0.2) is 0 Å². The van der Waals surface area contributed by atoms with Crippen LogP contribution < -0.4 is 11.1 Å². The Hall–Kier alpha value is -0.610.